The lowest BCUT2D eigenvalue weighted by molar-refractivity contribution is -0.105. The monoisotopic (exact) mass is 194 g/mol. The molecule has 14 heavy (non-hydrogen) atoms. The second-order valence-corrected chi connectivity index (χ2v) is 3.27. The van der Waals surface area contributed by atoms with Crippen molar-refractivity contribution in [3.8, 4) is 0 Å². The van der Waals surface area contributed by atoms with E-state index < -0.39 is 0 Å². The van der Waals surface area contributed by atoms with E-state index in [1.165, 1.54) is 0 Å². The Morgan fingerprint density at radius 2 is 1.14 bits per heavy atom. The first-order valence-corrected chi connectivity index (χ1v) is 4.92. The molecule has 78 valence electrons. The standard InChI is InChI=1S/C12H18O2/c1-5-11(9(3)7-13)12(6-2)10(4)8-14/h7-8H,5-6H2,1-4H3. The molecule has 0 spiro atoms. The predicted molar refractivity (Wildman–Crippen MR) is 58.1 cm³/mol. The Morgan fingerprint density at radius 1 is 0.857 bits per heavy atom. The van der Waals surface area contributed by atoms with Crippen LogP contribution in [0.25, 0.3) is 0 Å². The van der Waals surface area contributed by atoms with Gasteiger partial charge in [-0.3, -0.25) is 9.59 Å². The van der Waals surface area contributed by atoms with Crippen molar-refractivity contribution in [2.24, 2.45) is 0 Å². The van der Waals surface area contributed by atoms with Gasteiger partial charge in [-0.1, -0.05) is 13.8 Å². The zero-order valence-corrected chi connectivity index (χ0v) is 9.39. The number of hydrogen-bond acceptors (Lipinski definition) is 2. The average Bonchev–Trinajstić information content (AvgIpc) is 2.23. The second-order valence-electron chi connectivity index (χ2n) is 3.27. The molecule has 0 radical (unpaired) electrons. The second kappa shape index (κ2) is 6.30. The molecule has 0 saturated carbocycles. The zero-order chi connectivity index (χ0) is 11.1. The van der Waals surface area contributed by atoms with Gasteiger partial charge < -0.3 is 0 Å². The van der Waals surface area contributed by atoms with Gasteiger partial charge in [0.15, 0.2) is 0 Å². The Balaban J connectivity index is 5.41. The van der Waals surface area contributed by atoms with Crippen LogP contribution in [0.4, 0.5) is 0 Å². The smallest absolute Gasteiger partial charge is 0.146 e. The molecular weight excluding hydrogens is 176 g/mol. The molecule has 0 aliphatic heterocycles. The number of aldehydes is 2. The summed E-state index contributed by atoms with van der Waals surface area (Å²) in [6.45, 7) is 7.57. The summed E-state index contributed by atoms with van der Waals surface area (Å²) in [6.07, 6.45) is 3.29. The van der Waals surface area contributed by atoms with E-state index in [2.05, 4.69) is 0 Å². The van der Waals surface area contributed by atoms with Crippen LogP contribution in [0, 0.1) is 0 Å². The number of carbonyl (C=O) groups excluding carboxylic acids is 2. The van der Waals surface area contributed by atoms with Crippen molar-refractivity contribution in [2.75, 3.05) is 0 Å². The van der Waals surface area contributed by atoms with Crippen LogP contribution >= 0.6 is 0 Å². The molecule has 0 fully saturated rings. The molecule has 0 amide bonds. The van der Waals surface area contributed by atoms with E-state index in [1.54, 1.807) is 13.8 Å². The molecular formula is C12H18O2. The summed E-state index contributed by atoms with van der Waals surface area (Å²) in [5.74, 6) is 0. The van der Waals surface area contributed by atoms with Gasteiger partial charge in [-0.2, -0.15) is 0 Å². The lowest BCUT2D eigenvalue weighted by Gasteiger charge is -2.11. The third-order valence-electron chi connectivity index (χ3n) is 2.38. The molecule has 0 unspecified atom stereocenters. The normalized spacial score (nSPS) is 14.3. The van der Waals surface area contributed by atoms with Gasteiger partial charge in [0.25, 0.3) is 0 Å². The van der Waals surface area contributed by atoms with Crippen LogP contribution in [-0.2, 0) is 9.59 Å². The van der Waals surface area contributed by atoms with Gasteiger partial charge >= 0.3 is 0 Å². The van der Waals surface area contributed by atoms with Crippen LogP contribution < -0.4 is 0 Å². The Kier molecular flexibility index (Phi) is 5.77. The highest BCUT2D eigenvalue weighted by Gasteiger charge is 2.08. The first-order chi connectivity index (χ1) is 6.62. The van der Waals surface area contributed by atoms with Gasteiger partial charge in [-0.25, -0.2) is 0 Å². The number of carbonyl (C=O) groups is 2. The van der Waals surface area contributed by atoms with Crippen molar-refractivity contribution in [1.29, 1.82) is 0 Å². The summed E-state index contributed by atoms with van der Waals surface area (Å²) in [5.41, 5.74) is 3.47. The highest BCUT2D eigenvalue weighted by molar-refractivity contribution is 5.79. The summed E-state index contributed by atoms with van der Waals surface area (Å²) in [7, 11) is 0. The van der Waals surface area contributed by atoms with E-state index >= 15 is 0 Å². The summed E-state index contributed by atoms with van der Waals surface area (Å²) >= 11 is 0. The molecule has 0 saturated heterocycles. The Bertz CT molecular complexity index is 253. The van der Waals surface area contributed by atoms with Gasteiger partial charge in [0, 0.05) is 0 Å². The molecule has 0 rings (SSSR count). The molecule has 0 heterocycles. The summed E-state index contributed by atoms with van der Waals surface area (Å²) in [4.78, 5) is 21.3. The Hall–Kier alpha value is -1.18. The minimum Gasteiger partial charge on any atom is -0.298 e. The van der Waals surface area contributed by atoms with Crippen LogP contribution in [0.1, 0.15) is 40.5 Å². The Morgan fingerprint density at radius 3 is 1.29 bits per heavy atom. The summed E-state index contributed by atoms with van der Waals surface area (Å²) < 4.78 is 0. The third kappa shape index (κ3) is 2.95. The average molecular weight is 194 g/mol. The van der Waals surface area contributed by atoms with Crippen molar-refractivity contribution >= 4 is 12.6 Å². The molecule has 2 heteroatoms. The minimum atomic E-state index is 0.727. The van der Waals surface area contributed by atoms with E-state index in [1.807, 2.05) is 13.8 Å². The predicted octanol–water partition coefficient (Wildman–Crippen LogP) is 2.84. The molecule has 0 aliphatic rings. The topological polar surface area (TPSA) is 34.1 Å². The highest BCUT2D eigenvalue weighted by atomic mass is 16.1. The molecule has 0 aliphatic carbocycles. The maximum atomic E-state index is 10.7. The van der Waals surface area contributed by atoms with Crippen molar-refractivity contribution < 1.29 is 9.59 Å². The molecule has 0 aromatic carbocycles. The van der Waals surface area contributed by atoms with E-state index in [0.717, 1.165) is 47.7 Å². The highest BCUT2D eigenvalue weighted by Crippen LogP contribution is 2.23. The van der Waals surface area contributed by atoms with Gasteiger partial charge in [-0.15, -0.1) is 0 Å². The zero-order valence-electron chi connectivity index (χ0n) is 9.39. The fraction of sp³-hybridized carbons (Fsp3) is 0.500. The molecule has 0 bridgehead atoms. The van der Waals surface area contributed by atoms with Crippen molar-refractivity contribution in [3.05, 3.63) is 22.3 Å². The number of allylic oxidation sites excluding steroid dienone is 4. The quantitative estimate of drug-likeness (QED) is 0.383. The molecule has 2 nitrogen and oxygen atoms in total. The SMILES string of the molecule is CCC(=C(C)C=O)C(CC)=C(C)C=O. The van der Waals surface area contributed by atoms with Crippen molar-refractivity contribution in [1.82, 2.24) is 0 Å². The largest absolute Gasteiger partial charge is 0.298 e. The summed E-state index contributed by atoms with van der Waals surface area (Å²) in [6, 6.07) is 0. The van der Waals surface area contributed by atoms with Gasteiger partial charge in [-0.05, 0) is 49.0 Å². The van der Waals surface area contributed by atoms with E-state index in [-0.39, 0.29) is 0 Å². The summed E-state index contributed by atoms with van der Waals surface area (Å²) in [5, 5.41) is 0. The number of hydrogen-bond donors (Lipinski definition) is 0. The Labute approximate surface area is 85.7 Å². The lowest BCUT2D eigenvalue weighted by atomic mass is 9.93. The van der Waals surface area contributed by atoms with Gasteiger partial charge in [0.1, 0.15) is 12.6 Å². The molecule has 0 atom stereocenters. The fourth-order valence-corrected chi connectivity index (χ4v) is 1.60. The first-order valence-electron chi connectivity index (χ1n) is 4.92. The minimum absolute atomic E-state index is 0.727. The van der Waals surface area contributed by atoms with Crippen LogP contribution in [0.2, 0.25) is 0 Å². The first kappa shape index (κ1) is 12.8. The van der Waals surface area contributed by atoms with Crippen LogP contribution in [-0.4, -0.2) is 12.6 Å². The van der Waals surface area contributed by atoms with E-state index in [0.29, 0.717) is 0 Å². The van der Waals surface area contributed by atoms with E-state index in [4.69, 9.17) is 0 Å². The maximum Gasteiger partial charge on any atom is 0.146 e. The van der Waals surface area contributed by atoms with Gasteiger partial charge in [0.05, 0.1) is 0 Å². The fourth-order valence-electron chi connectivity index (χ4n) is 1.60. The molecule has 0 N–H and O–H groups in total. The third-order valence-corrected chi connectivity index (χ3v) is 2.38. The molecule has 0 aromatic rings. The van der Waals surface area contributed by atoms with E-state index in [9.17, 15) is 9.59 Å². The van der Waals surface area contributed by atoms with Crippen molar-refractivity contribution in [2.45, 2.75) is 40.5 Å². The van der Waals surface area contributed by atoms with Crippen molar-refractivity contribution in [3.63, 3.8) is 0 Å². The maximum absolute atomic E-state index is 10.7. The number of rotatable bonds is 5. The van der Waals surface area contributed by atoms with Crippen LogP contribution in [0.15, 0.2) is 22.3 Å². The van der Waals surface area contributed by atoms with Crippen LogP contribution in [0.3, 0.4) is 0 Å². The van der Waals surface area contributed by atoms with Crippen LogP contribution in [0.5, 0.6) is 0 Å². The lowest BCUT2D eigenvalue weighted by Crippen LogP contribution is -1.97. The van der Waals surface area contributed by atoms with Gasteiger partial charge in [0.2, 0.25) is 0 Å². The molecule has 0 aromatic heterocycles.